The van der Waals surface area contributed by atoms with Gasteiger partial charge in [0, 0.05) is 5.56 Å². The second kappa shape index (κ2) is 10.6. The van der Waals surface area contributed by atoms with Crippen LogP contribution in [0.3, 0.4) is 0 Å². The van der Waals surface area contributed by atoms with E-state index in [9.17, 15) is 4.79 Å². The van der Waals surface area contributed by atoms with Crippen LogP contribution in [-0.2, 0) is 6.42 Å². The van der Waals surface area contributed by atoms with Gasteiger partial charge in [-0.1, -0.05) is 49.9 Å². The predicted molar refractivity (Wildman–Crippen MR) is 136 cm³/mol. The predicted octanol–water partition coefficient (Wildman–Crippen LogP) is 4.82. The lowest BCUT2D eigenvalue weighted by molar-refractivity contribution is 0.0976. The van der Waals surface area contributed by atoms with Crippen LogP contribution in [0.4, 0.5) is 5.69 Å². The van der Waals surface area contributed by atoms with Gasteiger partial charge in [0.15, 0.2) is 11.5 Å². The average Bonchev–Trinajstić information content (AvgIpc) is 3.27. The number of methoxy groups -OCH3 is 3. The van der Waals surface area contributed by atoms with Crippen molar-refractivity contribution in [2.75, 3.05) is 21.3 Å². The highest BCUT2D eigenvalue weighted by atomic mass is 16.5. The van der Waals surface area contributed by atoms with Crippen LogP contribution in [0.2, 0.25) is 0 Å². The van der Waals surface area contributed by atoms with Gasteiger partial charge in [0.2, 0.25) is 11.7 Å². The fourth-order valence-corrected chi connectivity index (χ4v) is 3.81. The van der Waals surface area contributed by atoms with E-state index in [-0.39, 0.29) is 13.4 Å². The Balaban J connectivity index is 0.00000324. The number of ether oxygens (including phenoxy) is 3. The number of nitrogens with two attached hydrogens (primary N) is 1. The molecule has 0 bridgehead atoms. The molecule has 0 unspecified atom stereocenters. The molecule has 7 nitrogen and oxygen atoms in total. The molecule has 0 aliphatic heterocycles. The van der Waals surface area contributed by atoms with Crippen molar-refractivity contribution in [1.29, 1.82) is 0 Å². The first-order chi connectivity index (χ1) is 16.0. The summed E-state index contributed by atoms with van der Waals surface area (Å²) >= 11 is 0. The molecule has 0 fully saturated rings. The molecule has 0 spiro atoms. The highest BCUT2D eigenvalue weighted by Gasteiger charge is 2.18. The van der Waals surface area contributed by atoms with E-state index < -0.39 is 5.91 Å². The molecular formula is C27H29N3O4. The van der Waals surface area contributed by atoms with E-state index in [2.05, 4.69) is 28.5 Å². The van der Waals surface area contributed by atoms with Crippen LogP contribution in [0.5, 0.6) is 17.2 Å². The molecule has 7 heteroatoms. The van der Waals surface area contributed by atoms with Crippen molar-refractivity contribution in [3.05, 3.63) is 82.9 Å². The minimum Gasteiger partial charge on any atom is -0.493 e. The van der Waals surface area contributed by atoms with Crippen molar-refractivity contribution in [2.24, 2.45) is 10.7 Å². The van der Waals surface area contributed by atoms with Crippen molar-refractivity contribution < 1.29 is 19.0 Å². The molecule has 3 aromatic rings. The maximum Gasteiger partial charge on any atom is 0.258 e. The van der Waals surface area contributed by atoms with E-state index in [1.54, 1.807) is 12.1 Å². The number of allylic oxidation sites excluding steroid dienone is 1. The topological polar surface area (TPSA) is 95.2 Å². The molecule has 0 saturated carbocycles. The first-order valence-corrected chi connectivity index (χ1v) is 10.4. The summed E-state index contributed by atoms with van der Waals surface area (Å²) in [5, 5.41) is 2.61. The molecular weight excluding hydrogens is 430 g/mol. The van der Waals surface area contributed by atoms with Gasteiger partial charge in [0.25, 0.3) is 5.91 Å². The van der Waals surface area contributed by atoms with Gasteiger partial charge >= 0.3 is 0 Å². The summed E-state index contributed by atoms with van der Waals surface area (Å²) in [5.74, 6) is 0.681. The first-order valence-electron chi connectivity index (χ1n) is 10.4. The monoisotopic (exact) mass is 459 g/mol. The van der Waals surface area contributed by atoms with Gasteiger partial charge in [-0.05, 0) is 52.9 Å². The standard InChI is InChI=1S/C26H25N3O4.CH4/c1-31-22-14-20(15-23(32-2)24(22)33-3)25(30)29-26(27)28-21-10-6-9-18(13-21)19-11-16-7-4-5-8-17(16)12-19;/h4-11,13-15H,12H2,1-3H3,(H3,27,28,29,30);1H4. The minimum atomic E-state index is -0.444. The number of hydrogen-bond acceptors (Lipinski definition) is 5. The van der Waals surface area contributed by atoms with Gasteiger partial charge in [-0.15, -0.1) is 0 Å². The Morgan fingerprint density at radius 2 is 1.65 bits per heavy atom. The Hall–Kier alpha value is -4.26. The van der Waals surface area contributed by atoms with Gasteiger partial charge in [0.1, 0.15) is 0 Å². The number of benzene rings is 3. The number of rotatable bonds is 6. The maximum absolute atomic E-state index is 12.8. The minimum absolute atomic E-state index is 0. The number of hydrogen-bond donors (Lipinski definition) is 2. The second-order valence-electron chi connectivity index (χ2n) is 7.46. The Kier molecular flexibility index (Phi) is 7.58. The fraction of sp³-hybridized carbons (Fsp3) is 0.185. The number of aliphatic imine (C=N–C) groups is 1. The summed E-state index contributed by atoms with van der Waals surface area (Å²) in [6.07, 6.45) is 3.06. The zero-order valence-electron chi connectivity index (χ0n) is 18.7. The molecule has 1 amide bonds. The van der Waals surface area contributed by atoms with E-state index in [1.165, 1.54) is 38.0 Å². The third kappa shape index (κ3) is 5.04. The van der Waals surface area contributed by atoms with Crippen molar-refractivity contribution >= 4 is 29.2 Å². The average molecular weight is 460 g/mol. The molecule has 0 saturated heterocycles. The Morgan fingerprint density at radius 3 is 2.29 bits per heavy atom. The summed E-state index contributed by atoms with van der Waals surface area (Å²) in [6.45, 7) is 0. The zero-order chi connectivity index (χ0) is 23.4. The lowest BCUT2D eigenvalue weighted by Crippen LogP contribution is -2.36. The SMILES string of the molecule is C.COc1cc(C(=O)NC(N)=Nc2cccc(C3=Cc4ccccc4C3)c2)cc(OC)c1OC. The molecule has 1 aliphatic rings. The molecule has 4 rings (SSSR count). The van der Waals surface area contributed by atoms with E-state index >= 15 is 0 Å². The zero-order valence-corrected chi connectivity index (χ0v) is 18.7. The van der Waals surface area contributed by atoms with E-state index in [1.807, 2.05) is 36.4 Å². The molecule has 3 N–H and O–H groups in total. The fourth-order valence-electron chi connectivity index (χ4n) is 3.81. The number of nitrogens with one attached hydrogen (secondary N) is 1. The third-order valence-electron chi connectivity index (χ3n) is 5.40. The lowest BCUT2D eigenvalue weighted by atomic mass is 10.0. The summed E-state index contributed by atoms with van der Waals surface area (Å²) < 4.78 is 15.9. The van der Waals surface area contributed by atoms with Crippen LogP contribution in [0.1, 0.15) is 34.5 Å². The number of nitrogens with zero attached hydrogens (tertiary/aromatic N) is 1. The highest BCUT2D eigenvalue weighted by molar-refractivity contribution is 6.06. The number of fused-ring (bicyclic) bond motifs is 1. The number of guanidine groups is 1. The van der Waals surface area contributed by atoms with E-state index in [0.717, 1.165) is 12.0 Å². The molecule has 176 valence electrons. The lowest BCUT2D eigenvalue weighted by Gasteiger charge is -2.14. The molecule has 34 heavy (non-hydrogen) atoms. The molecule has 0 radical (unpaired) electrons. The van der Waals surface area contributed by atoms with Crippen molar-refractivity contribution in [3.8, 4) is 17.2 Å². The number of amides is 1. The molecule has 0 atom stereocenters. The normalized spacial score (nSPS) is 12.2. The summed E-state index contributed by atoms with van der Waals surface area (Å²) in [5.41, 5.74) is 11.8. The largest absolute Gasteiger partial charge is 0.493 e. The van der Waals surface area contributed by atoms with Gasteiger partial charge < -0.3 is 19.9 Å². The van der Waals surface area contributed by atoms with E-state index in [0.29, 0.717) is 28.5 Å². The van der Waals surface area contributed by atoms with Crippen LogP contribution in [-0.4, -0.2) is 33.2 Å². The smallest absolute Gasteiger partial charge is 0.258 e. The van der Waals surface area contributed by atoms with Crippen LogP contribution < -0.4 is 25.3 Å². The Morgan fingerprint density at radius 1 is 0.941 bits per heavy atom. The van der Waals surface area contributed by atoms with Crippen molar-refractivity contribution in [1.82, 2.24) is 5.32 Å². The summed E-state index contributed by atoms with van der Waals surface area (Å²) in [6, 6.07) is 19.2. The van der Waals surface area contributed by atoms with Crippen molar-refractivity contribution in [3.63, 3.8) is 0 Å². The van der Waals surface area contributed by atoms with E-state index in [4.69, 9.17) is 19.9 Å². The number of carbonyl (C=O) groups excluding carboxylic acids is 1. The highest BCUT2D eigenvalue weighted by Crippen LogP contribution is 2.38. The van der Waals surface area contributed by atoms with Crippen LogP contribution in [0, 0.1) is 0 Å². The quantitative estimate of drug-likeness (QED) is 0.407. The van der Waals surface area contributed by atoms with Crippen LogP contribution >= 0.6 is 0 Å². The number of carbonyl (C=O) groups is 1. The first kappa shape index (κ1) is 24.4. The van der Waals surface area contributed by atoms with Crippen molar-refractivity contribution in [2.45, 2.75) is 13.8 Å². The Bertz CT molecular complexity index is 1240. The Labute approximate surface area is 199 Å². The van der Waals surface area contributed by atoms with Crippen LogP contribution in [0.25, 0.3) is 11.6 Å². The van der Waals surface area contributed by atoms with Gasteiger partial charge in [-0.25, -0.2) is 4.99 Å². The summed E-state index contributed by atoms with van der Waals surface area (Å²) in [4.78, 5) is 17.1. The molecule has 1 aliphatic carbocycles. The molecule has 3 aromatic carbocycles. The third-order valence-corrected chi connectivity index (χ3v) is 5.40. The maximum atomic E-state index is 12.8. The molecule has 0 heterocycles. The van der Waals surface area contributed by atoms with Gasteiger partial charge in [-0.2, -0.15) is 0 Å². The summed E-state index contributed by atoms with van der Waals surface area (Å²) in [7, 11) is 4.47. The van der Waals surface area contributed by atoms with Gasteiger partial charge in [0.05, 0.1) is 27.0 Å². The molecule has 0 aromatic heterocycles. The van der Waals surface area contributed by atoms with Gasteiger partial charge in [-0.3, -0.25) is 10.1 Å². The van der Waals surface area contributed by atoms with Crippen LogP contribution in [0.15, 0.2) is 65.7 Å². The second-order valence-corrected chi connectivity index (χ2v) is 7.46.